The van der Waals surface area contributed by atoms with Crippen LogP contribution in [0.15, 0.2) is 30.3 Å². The first-order valence-corrected chi connectivity index (χ1v) is 7.10. The van der Waals surface area contributed by atoms with Gasteiger partial charge in [-0.3, -0.25) is 4.79 Å². The van der Waals surface area contributed by atoms with Crippen molar-refractivity contribution in [2.24, 2.45) is 0 Å². The van der Waals surface area contributed by atoms with Gasteiger partial charge in [0, 0.05) is 30.5 Å². The second-order valence-corrected chi connectivity index (χ2v) is 5.66. The van der Waals surface area contributed by atoms with Crippen LogP contribution in [0.25, 0.3) is 0 Å². The molecule has 4 nitrogen and oxygen atoms in total. The molecule has 0 atom stereocenters. The molecule has 2 heterocycles. The summed E-state index contributed by atoms with van der Waals surface area (Å²) in [4.78, 5) is 19.1. The number of nitrogens with zero attached hydrogens (tertiary/aromatic N) is 2. The molecular formula is C14H15N3OS. The molecule has 1 aliphatic heterocycles. The van der Waals surface area contributed by atoms with Gasteiger partial charge in [0.2, 0.25) is 5.91 Å². The molecule has 1 N–H and O–H groups in total. The number of rotatable bonds is 2. The van der Waals surface area contributed by atoms with Gasteiger partial charge < -0.3 is 10.2 Å². The molecule has 98 valence electrons. The van der Waals surface area contributed by atoms with E-state index in [0.717, 1.165) is 25.2 Å². The van der Waals surface area contributed by atoms with Crippen molar-refractivity contribution in [2.75, 3.05) is 16.8 Å². The first-order valence-electron chi connectivity index (χ1n) is 6.28. The maximum Gasteiger partial charge on any atom is 0.223 e. The van der Waals surface area contributed by atoms with Crippen LogP contribution in [0.4, 0.5) is 10.8 Å². The van der Waals surface area contributed by atoms with Crippen LogP contribution >= 0.6 is 11.3 Å². The Morgan fingerprint density at radius 3 is 2.89 bits per heavy atom. The second-order valence-electron chi connectivity index (χ2n) is 4.58. The summed E-state index contributed by atoms with van der Waals surface area (Å²) in [6.07, 6.45) is 0.931. The van der Waals surface area contributed by atoms with Crippen LogP contribution in [0.5, 0.6) is 0 Å². The van der Waals surface area contributed by atoms with E-state index in [9.17, 15) is 4.79 Å². The SMILES string of the molecule is CC(=O)Nc1nc2c(s1)CN(c1ccccc1)CC2. The normalized spacial score (nSPS) is 14.1. The van der Waals surface area contributed by atoms with Gasteiger partial charge in [0.1, 0.15) is 0 Å². The molecule has 0 saturated heterocycles. The molecule has 0 aliphatic carbocycles. The maximum atomic E-state index is 11.1. The predicted molar refractivity (Wildman–Crippen MR) is 77.6 cm³/mol. The second kappa shape index (κ2) is 5.01. The van der Waals surface area contributed by atoms with Crippen molar-refractivity contribution in [1.82, 2.24) is 4.98 Å². The number of nitrogens with one attached hydrogen (secondary N) is 1. The predicted octanol–water partition coefficient (Wildman–Crippen LogP) is 2.66. The van der Waals surface area contributed by atoms with Crippen molar-refractivity contribution >= 4 is 28.1 Å². The summed E-state index contributed by atoms with van der Waals surface area (Å²) in [6, 6.07) is 10.4. The standard InChI is InChI=1S/C14H15N3OS/c1-10(18)15-14-16-12-7-8-17(9-13(12)19-14)11-5-3-2-4-6-11/h2-6H,7-9H2,1H3,(H,15,16,18). The van der Waals surface area contributed by atoms with Crippen molar-refractivity contribution in [3.63, 3.8) is 0 Å². The van der Waals surface area contributed by atoms with Gasteiger partial charge in [-0.1, -0.05) is 29.5 Å². The van der Waals surface area contributed by atoms with Gasteiger partial charge in [0.05, 0.1) is 12.2 Å². The lowest BCUT2D eigenvalue weighted by Gasteiger charge is -2.28. The van der Waals surface area contributed by atoms with Crippen LogP contribution < -0.4 is 10.2 Å². The molecule has 0 radical (unpaired) electrons. The Bertz CT molecular complexity index is 594. The van der Waals surface area contributed by atoms with Gasteiger partial charge in [-0.25, -0.2) is 4.98 Å². The monoisotopic (exact) mass is 273 g/mol. The average molecular weight is 273 g/mol. The quantitative estimate of drug-likeness (QED) is 0.915. The highest BCUT2D eigenvalue weighted by Crippen LogP contribution is 2.30. The van der Waals surface area contributed by atoms with Crippen LogP contribution in [-0.2, 0) is 17.8 Å². The molecule has 0 fully saturated rings. The number of aromatic nitrogens is 1. The summed E-state index contributed by atoms with van der Waals surface area (Å²) >= 11 is 1.58. The van der Waals surface area contributed by atoms with E-state index in [2.05, 4.69) is 39.5 Å². The minimum atomic E-state index is -0.0639. The molecule has 0 unspecified atom stereocenters. The van der Waals surface area contributed by atoms with Gasteiger partial charge in [-0.2, -0.15) is 0 Å². The molecule has 0 saturated carbocycles. The summed E-state index contributed by atoms with van der Waals surface area (Å²) in [7, 11) is 0. The Labute approximate surface area is 116 Å². The number of para-hydroxylation sites is 1. The third-order valence-electron chi connectivity index (χ3n) is 3.14. The number of hydrogen-bond acceptors (Lipinski definition) is 4. The first-order chi connectivity index (χ1) is 9.22. The fraction of sp³-hybridized carbons (Fsp3) is 0.286. The molecular weight excluding hydrogens is 258 g/mol. The van der Waals surface area contributed by atoms with E-state index < -0.39 is 0 Å². The zero-order valence-electron chi connectivity index (χ0n) is 10.7. The van der Waals surface area contributed by atoms with E-state index in [1.165, 1.54) is 17.5 Å². The van der Waals surface area contributed by atoms with Crippen molar-refractivity contribution in [2.45, 2.75) is 19.9 Å². The van der Waals surface area contributed by atoms with Gasteiger partial charge in [0.15, 0.2) is 5.13 Å². The molecule has 0 spiro atoms. The van der Waals surface area contributed by atoms with Gasteiger partial charge in [-0.05, 0) is 12.1 Å². The fourth-order valence-electron chi connectivity index (χ4n) is 2.26. The van der Waals surface area contributed by atoms with E-state index >= 15 is 0 Å². The highest BCUT2D eigenvalue weighted by atomic mass is 32.1. The Morgan fingerprint density at radius 2 is 2.16 bits per heavy atom. The third-order valence-corrected chi connectivity index (χ3v) is 4.13. The van der Waals surface area contributed by atoms with Crippen LogP contribution in [0.1, 0.15) is 17.5 Å². The average Bonchev–Trinajstić information content (AvgIpc) is 2.79. The van der Waals surface area contributed by atoms with Crippen LogP contribution in [0.2, 0.25) is 0 Å². The van der Waals surface area contributed by atoms with Gasteiger partial charge >= 0.3 is 0 Å². The van der Waals surface area contributed by atoms with E-state index in [1.54, 1.807) is 11.3 Å². The van der Waals surface area contributed by atoms with Crippen LogP contribution in [0, 0.1) is 0 Å². The zero-order valence-corrected chi connectivity index (χ0v) is 11.5. The Hall–Kier alpha value is -1.88. The number of amides is 1. The Balaban J connectivity index is 1.80. The highest BCUT2D eigenvalue weighted by Gasteiger charge is 2.21. The van der Waals surface area contributed by atoms with Crippen LogP contribution in [-0.4, -0.2) is 17.4 Å². The van der Waals surface area contributed by atoms with E-state index in [4.69, 9.17) is 0 Å². The lowest BCUT2D eigenvalue weighted by molar-refractivity contribution is -0.114. The number of benzene rings is 1. The van der Waals surface area contributed by atoms with Crippen molar-refractivity contribution in [3.8, 4) is 0 Å². The van der Waals surface area contributed by atoms with E-state index in [-0.39, 0.29) is 5.91 Å². The minimum absolute atomic E-state index is 0.0639. The summed E-state index contributed by atoms with van der Waals surface area (Å²) in [5.74, 6) is -0.0639. The molecule has 1 aromatic carbocycles. The summed E-state index contributed by atoms with van der Waals surface area (Å²) < 4.78 is 0. The highest BCUT2D eigenvalue weighted by molar-refractivity contribution is 7.15. The molecule has 1 aromatic heterocycles. The zero-order chi connectivity index (χ0) is 13.2. The minimum Gasteiger partial charge on any atom is -0.366 e. The molecule has 1 amide bonds. The van der Waals surface area contributed by atoms with Crippen LogP contribution in [0.3, 0.4) is 0 Å². The lowest BCUT2D eigenvalue weighted by Crippen LogP contribution is -2.29. The molecule has 5 heteroatoms. The molecule has 1 aliphatic rings. The summed E-state index contributed by atoms with van der Waals surface area (Å²) in [5.41, 5.74) is 2.36. The Kier molecular flexibility index (Phi) is 3.21. The number of carbonyl (C=O) groups is 1. The van der Waals surface area contributed by atoms with E-state index in [1.807, 2.05) is 6.07 Å². The fourth-order valence-corrected chi connectivity index (χ4v) is 3.33. The lowest BCUT2D eigenvalue weighted by atomic mass is 10.1. The van der Waals surface area contributed by atoms with Gasteiger partial charge in [0.25, 0.3) is 0 Å². The molecule has 19 heavy (non-hydrogen) atoms. The van der Waals surface area contributed by atoms with Crippen molar-refractivity contribution < 1.29 is 4.79 Å². The Morgan fingerprint density at radius 1 is 1.37 bits per heavy atom. The van der Waals surface area contributed by atoms with Crippen molar-refractivity contribution in [1.29, 1.82) is 0 Å². The molecule has 2 aromatic rings. The number of carbonyl (C=O) groups excluding carboxylic acids is 1. The maximum absolute atomic E-state index is 11.1. The number of fused-ring (bicyclic) bond motifs is 1. The van der Waals surface area contributed by atoms with Crippen molar-refractivity contribution in [3.05, 3.63) is 40.9 Å². The van der Waals surface area contributed by atoms with Gasteiger partial charge in [-0.15, -0.1) is 0 Å². The van der Waals surface area contributed by atoms with E-state index in [0.29, 0.717) is 5.13 Å². The largest absolute Gasteiger partial charge is 0.366 e. The molecule has 0 bridgehead atoms. The summed E-state index contributed by atoms with van der Waals surface area (Å²) in [6.45, 7) is 3.35. The number of hydrogen-bond donors (Lipinski definition) is 1. The third kappa shape index (κ3) is 2.61. The topological polar surface area (TPSA) is 45.2 Å². The number of thiazole rings is 1. The smallest absolute Gasteiger partial charge is 0.223 e. The number of anilines is 2. The molecule has 3 rings (SSSR count). The summed E-state index contributed by atoms with van der Waals surface area (Å²) in [5, 5.41) is 3.48. The first kappa shape index (κ1) is 12.2.